The van der Waals surface area contributed by atoms with Gasteiger partial charge in [-0.15, -0.1) is 0 Å². The largest absolute Gasteiger partial charge is 0.481 e. The fourth-order valence-electron chi connectivity index (χ4n) is 3.52. The lowest BCUT2D eigenvalue weighted by molar-refractivity contribution is 0.398. The van der Waals surface area contributed by atoms with Gasteiger partial charge in [0.15, 0.2) is 0 Å². The van der Waals surface area contributed by atoms with Crippen LogP contribution in [-0.4, -0.2) is 23.6 Å². The van der Waals surface area contributed by atoms with Crippen molar-refractivity contribution in [3.8, 4) is 17.3 Å². The first kappa shape index (κ1) is 18.5. The van der Waals surface area contributed by atoms with E-state index in [9.17, 15) is 0 Å². The number of nitrogens with one attached hydrogen (secondary N) is 1. The Morgan fingerprint density at radius 3 is 2.69 bits per heavy atom. The van der Waals surface area contributed by atoms with Crippen molar-refractivity contribution in [1.29, 1.82) is 0 Å². The highest BCUT2D eigenvalue weighted by atomic mass is 16.5. The molecule has 4 heteroatoms. The minimum absolute atomic E-state index is 0.514. The maximum absolute atomic E-state index is 5.71. The lowest BCUT2D eigenvalue weighted by Crippen LogP contribution is -1.99. The smallest absolute Gasteiger partial charge is 0.213 e. The van der Waals surface area contributed by atoms with Crippen LogP contribution in [0.25, 0.3) is 22.3 Å². The number of aromatic amines is 1. The molecule has 3 aromatic rings. The highest BCUT2D eigenvalue weighted by molar-refractivity contribution is 5.92. The van der Waals surface area contributed by atoms with Crippen LogP contribution >= 0.6 is 0 Å². The predicted molar refractivity (Wildman–Crippen MR) is 109 cm³/mol. The van der Waals surface area contributed by atoms with Gasteiger partial charge in [-0.2, -0.15) is 0 Å². The van der Waals surface area contributed by atoms with E-state index in [0.717, 1.165) is 43.6 Å². The molecule has 0 aliphatic carbocycles. The molecule has 4 nitrogen and oxygen atoms in total. The van der Waals surface area contributed by atoms with Gasteiger partial charge in [-0.05, 0) is 55.3 Å². The number of hydrogen-bond donors (Lipinski definition) is 2. The Bertz CT molecular complexity index is 869. The summed E-state index contributed by atoms with van der Waals surface area (Å²) in [4.78, 5) is 8.36. The summed E-state index contributed by atoms with van der Waals surface area (Å²) in [5.74, 6) is 1.15. The second-order valence-electron chi connectivity index (χ2n) is 6.87. The lowest BCUT2D eigenvalue weighted by atomic mass is 9.95. The van der Waals surface area contributed by atoms with Crippen molar-refractivity contribution in [2.24, 2.45) is 5.73 Å². The van der Waals surface area contributed by atoms with Crippen molar-refractivity contribution < 1.29 is 4.74 Å². The van der Waals surface area contributed by atoms with Crippen LogP contribution in [0.5, 0.6) is 5.88 Å². The molecular formula is C22H29N3O. The number of hydrogen-bond acceptors (Lipinski definition) is 3. The van der Waals surface area contributed by atoms with Crippen LogP contribution in [0.1, 0.15) is 50.2 Å². The second-order valence-corrected chi connectivity index (χ2v) is 6.87. The van der Waals surface area contributed by atoms with Gasteiger partial charge in [0.2, 0.25) is 5.88 Å². The highest BCUT2D eigenvalue weighted by Gasteiger charge is 2.18. The van der Waals surface area contributed by atoms with Crippen molar-refractivity contribution in [3.63, 3.8) is 0 Å². The molecule has 1 atom stereocenters. The topological polar surface area (TPSA) is 63.9 Å². The molecule has 3 N–H and O–H groups in total. The molecule has 0 spiro atoms. The summed E-state index contributed by atoms with van der Waals surface area (Å²) in [6, 6.07) is 12.5. The maximum Gasteiger partial charge on any atom is 0.213 e. The molecule has 138 valence electrons. The summed E-state index contributed by atoms with van der Waals surface area (Å²) in [7, 11) is 1.65. The number of para-hydroxylation sites is 1. The van der Waals surface area contributed by atoms with Gasteiger partial charge in [-0.1, -0.05) is 38.1 Å². The predicted octanol–water partition coefficient (Wildman–Crippen LogP) is 5.03. The third-order valence-corrected chi connectivity index (χ3v) is 5.19. The third-order valence-electron chi connectivity index (χ3n) is 5.19. The summed E-state index contributed by atoms with van der Waals surface area (Å²) >= 11 is 0. The van der Waals surface area contributed by atoms with Gasteiger partial charge in [0.1, 0.15) is 0 Å². The zero-order valence-corrected chi connectivity index (χ0v) is 16.0. The summed E-state index contributed by atoms with van der Waals surface area (Å²) in [5.41, 5.74) is 11.7. The molecule has 0 aliphatic rings. The number of unbranched alkanes of at least 4 members (excludes halogenated alkanes) is 1. The Kier molecular flexibility index (Phi) is 5.94. The number of H-pyrrole nitrogens is 1. The number of rotatable bonds is 8. The van der Waals surface area contributed by atoms with E-state index < -0.39 is 0 Å². The van der Waals surface area contributed by atoms with Crippen LogP contribution in [0.15, 0.2) is 36.4 Å². The normalized spacial score (nSPS) is 12.5. The van der Waals surface area contributed by atoms with Crippen molar-refractivity contribution in [1.82, 2.24) is 9.97 Å². The van der Waals surface area contributed by atoms with E-state index in [4.69, 9.17) is 10.5 Å². The van der Waals surface area contributed by atoms with Gasteiger partial charge in [0.25, 0.3) is 0 Å². The minimum Gasteiger partial charge on any atom is -0.481 e. The molecule has 0 fully saturated rings. The Balaban J connectivity index is 2.17. The van der Waals surface area contributed by atoms with Crippen LogP contribution in [0.2, 0.25) is 0 Å². The number of nitrogens with two attached hydrogens (primary N) is 1. The van der Waals surface area contributed by atoms with E-state index in [1.807, 2.05) is 18.2 Å². The van der Waals surface area contributed by atoms with Crippen molar-refractivity contribution in [2.45, 2.75) is 45.4 Å². The van der Waals surface area contributed by atoms with Gasteiger partial charge in [-0.3, -0.25) is 0 Å². The minimum atomic E-state index is 0.514. The molecule has 0 bridgehead atoms. The summed E-state index contributed by atoms with van der Waals surface area (Å²) in [6.07, 6.45) is 4.22. The quantitative estimate of drug-likeness (QED) is 0.559. The SMILES string of the molecule is CCC(C)c1cccc2c(CCCCN)c(-c3cccc(OC)n3)[nH]c12. The molecule has 1 unspecified atom stereocenters. The first-order valence-electron chi connectivity index (χ1n) is 9.54. The molecule has 0 saturated heterocycles. The van der Waals surface area contributed by atoms with Crippen LogP contribution in [0.4, 0.5) is 0 Å². The number of ether oxygens (including phenoxy) is 1. The highest BCUT2D eigenvalue weighted by Crippen LogP contribution is 2.35. The van der Waals surface area contributed by atoms with Crippen molar-refractivity contribution in [3.05, 3.63) is 47.5 Å². The summed E-state index contributed by atoms with van der Waals surface area (Å²) in [5, 5.41) is 1.31. The number of benzene rings is 1. The van der Waals surface area contributed by atoms with Crippen LogP contribution < -0.4 is 10.5 Å². The number of pyridine rings is 1. The molecule has 0 aliphatic heterocycles. The summed E-state index contributed by atoms with van der Waals surface area (Å²) in [6.45, 7) is 5.25. The van der Waals surface area contributed by atoms with E-state index in [0.29, 0.717) is 11.8 Å². The second kappa shape index (κ2) is 8.37. The standard InChI is InChI=1S/C22H29N3O/c1-4-15(2)16-10-7-11-17-18(9-5-6-14-23)22(25-21(16)17)19-12-8-13-20(24-19)26-3/h7-8,10-13,15,25H,4-6,9,14,23H2,1-3H3. The van der Waals surface area contributed by atoms with Crippen LogP contribution in [0, 0.1) is 0 Å². The fraction of sp³-hybridized carbons (Fsp3) is 0.409. The first-order valence-corrected chi connectivity index (χ1v) is 9.54. The zero-order valence-electron chi connectivity index (χ0n) is 16.0. The monoisotopic (exact) mass is 351 g/mol. The molecule has 0 amide bonds. The Morgan fingerprint density at radius 2 is 1.96 bits per heavy atom. The Labute approximate surface area is 155 Å². The number of methoxy groups -OCH3 is 1. The number of fused-ring (bicyclic) bond motifs is 1. The molecular weight excluding hydrogens is 322 g/mol. The Morgan fingerprint density at radius 1 is 1.15 bits per heavy atom. The molecule has 3 rings (SSSR count). The molecule has 2 heterocycles. The van der Waals surface area contributed by atoms with Gasteiger partial charge in [0.05, 0.1) is 18.5 Å². The van der Waals surface area contributed by atoms with Gasteiger partial charge in [0, 0.05) is 17.0 Å². The van der Waals surface area contributed by atoms with E-state index >= 15 is 0 Å². The number of aryl methyl sites for hydroxylation is 1. The van der Waals surface area contributed by atoms with Gasteiger partial charge >= 0.3 is 0 Å². The molecule has 0 radical (unpaired) electrons. The van der Waals surface area contributed by atoms with Crippen LogP contribution in [0.3, 0.4) is 0 Å². The third kappa shape index (κ3) is 3.61. The Hall–Kier alpha value is -2.33. The van der Waals surface area contributed by atoms with Gasteiger partial charge in [-0.25, -0.2) is 4.98 Å². The number of nitrogens with zero attached hydrogens (tertiary/aromatic N) is 1. The molecule has 0 saturated carbocycles. The van der Waals surface area contributed by atoms with Crippen molar-refractivity contribution in [2.75, 3.05) is 13.7 Å². The zero-order chi connectivity index (χ0) is 18.5. The van der Waals surface area contributed by atoms with E-state index in [1.165, 1.54) is 22.0 Å². The van der Waals surface area contributed by atoms with Crippen molar-refractivity contribution >= 4 is 10.9 Å². The van der Waals surface area contributed by atoms with Crippen LogP contribution in [-0.2, 0) is 6.42 Å². The van der Waals surface area contributed by atoms with E-state index in [1.54, 1.807) is 7.11 Å². The summed E-state index contributed by atoms with van der Waals surface area (Å²) < 4.78 is 5.33. The molecule has 1 aromatic carbocycles. The average Bonchev–Trinajstić information content (AvgIpc) is 3.06. The number of aromatic nitrogens is 2. The first-order chi connectivity index (χ1) is 12.7. The van der Waals surface area contributed by atoms with E-state index in [-0.39, 0.29) is 0 Å². The van der Waals surface area contributed by atoms with Gasteiger partial charge < -0.3 is 15.5 Å². The van der Waals surface area contributed by atoms with E-state index in [2.05, 4.69) is 42.0 Å². The maximum atomic E-state index is 5.71. The molecule has 2 aromatic heterocycles. The average molecular weight is 351 g/mol. The molecule has 26 heavy (non-hydrogen) atoms. The lowest BCUT2D eigenvalue weighted by Gasteiger charge is -2.10. The fourth-order valence-corrected chi connectivity index (χ4v) is 3.52.